The topological polar surface area (TPSA) is 112 Å². The molecule has 0 aliphatic carbocycles. The van der Waals surface area contributed by atoms with E-state index in [-0.39, 0.29) is 11.3 Å². The van der Waals surface area contributed by atoms with Gasteiger partial charge in [-0.2, -0.15) is 4.72 Å². The number of carboxylic acids is 1. The third kappa shape index (κ3) is 3.35. The first-order chi connectivity index (χ1) is 13.5. The Morgan fingerprint density at radius 2 is 1.89 bits per heavy atom. The maximum Gasteiger partial charge on any atom is 0.322 e. The van der Waals surface area contributed by atoms with Gasteiger partial charge in [0, 0.05) is 35.1 Å². The number of fused-ring (bicyclic) bond motifs is 2. The van der Waals surface area contributed by atoms with Crippen LogP contribution in [0.5, 0.6) is 0 Å². The van der Waals surface area contributed by atoms with Crippen LogP contribution in [-0.2, 0) is 21.2 Å². The second kappa shape index (κ2) is 7.06. The number of para-hydroxylation sites is 2. The number of H-pyrrole nitrogens is 1. The summed E-state index contributed by atoms with van der Waals surface area (Å²) in [4.78, 5) is 19.0. The van der Waals surface area contributed by atoms with E-state index in [9.17, 15) is 18.3 Å². The fourth-order valence-corrected chi connectivity index (χ4v) is 4.61. The van der Waals surface area contributed by atoms with Crippen LogP contribution in [0.2, 0.25) is 0 Å². The smallest absolute Gasteiger partial charge is 0.322 e. The van der Waals surface area contributed by atoms with Crippen molar-refractivity contribution in [1.29, 1.82) is 0 Å². The SMILES string of the molecule is O=C(O)C(Cc1c[nH]c2ccccc12)NS(=O)(=O)c1cccc2cccnc12. The number of aromatic amines is 1. The minimum Gasteiger partial charge on any atom is -0.480 e. The van der Waals surface area contributed by atoms with Gasteiger partial charge in [-0.05, 0) is 23.8 Å². The fraction of sp³-hybridized carbons (Fsp3) is 0.100. The number of rotatable bonds is 6. The zero-order valence-corrected chi connectivity index (χ0v) is 15.5. The van der Waals surface area contributed by atoms with E-state index in [0.717, 1.165) is 16.5 Å². The number of aliphatic carboxylic acids is 1. The molecule has 0 amide bonds. The fourth-order valence-electron chi connectivity index (χ4n) is 3.24. The summed E-state index contributed by atoms with van der Waals surface area (Å²) in [6, 6.07) is 14.4. The first kappa shape index (κ1) is 18.1. The lowest BCUT2D eigenvalue weighted by molar-refractivity contribution is -0.138. The number of hydrogen-bond acceptors (Lipinski definition) is 4. The molecule has 4 aromatic rings. The Hall–Kier alpha value is -3.23. The second-order valence-electron chi connectivity index (χ2n) is 6.41. The summed E-state index contributed by atoms with van der Waals surface area (Å²) < 4.78 is 28.2. The summed E-state index contributed by atoms with van der Waals surface area (Å²) >= 11 is 0. The molecule has 0 saturated carbocycles. The molecule has 2 aromatic heterocycles. The predicted molar refractivity (Wildman–Crippen MR) is 105 cm³/mol. The Kier molecular flexibility index (Phi) is 4.58. The monoisotopic (exact) mass is 395 g/mol. The Morgan fingerprint density at radius 3 is 2.71 bits per heavy atom. The van der Waals surface area contributed by atoms with Gasteiger partial charge >= 0.3 is 5.97 Å². The van der Waals surface area contributed by atoms with Gasteiger partial charge in [-0.1, -0.05) is 36.4 Å². The number of aromatic nitrogens is 2. The average Bonchev–Trinajstić information content (AvgIpc) is 3.10. The molecule has 0 radical (unpaired) electrons. The average molecular weight is 395 g/mol. The van der Waals surface area contributed by atoms with Crippen LogP contribution in [0, 0.1) is 0 Å². The molecule has 1 unspecified atom stereocenters. The van der Waals surface area contributed by atoms with Crippen LogP contribution in [0.1, 0.15) is 5.56 Å². The van der Waals surface area contributed by atoms with Crippen molar-refractivity contribution in [2.75, 3.05) is 0 Å². The van der Waals surface area contributed by atoms with Crippen LogP contribution in [0.4, 0.5) is 0 Å². The highest BCUT2D eigenvalue weighted by Crippen LogP contribution is 2.23. The van der Waals surface area contributed by atoms with Gasteiger partial charge in [-0.15, -0.1) is 0 Å². The minimum absolute atomic E-state index is 0.0107. The quantitative estimate of drug-likeness (QED) is 0.465. The summed E-state index contributed by atoms with van der Waals surface area (Å²) in [5.74, 6) is -1.25. The molecule has 0 spiro atoms. The molecular formula is C20H17N3O4S. The predicted octanol–water partition coefficient (Wildman–Crippen LogP) is 2.69. The minimum atomic E-state index is -4.09. The highest BCUT2D eigenvalue weighted by atomic mass is 32.2. The van der Waals surface area contributed by atoms with Gasteiger partial charge in [0.2, 0.25) is 10.0 Å². The van der Waals surface area contributed by atoms with E-state index in [1.807, 2.05) is 24.3 Å². The third-order valence-corrected chi connectivity index (χ3v) is 6.08. The van der Waals surface area contributed by atoms with Crippen LogP contribution < -0.4 is 4.72 Å². The first-order valence-electron chi connectivity index (χ1n) is 8.59. The van der Waals surface area contributed by atoms with Gasteiger partial charge in [-0.25, -0.2) is 8.42 Å². The number of hydrogen-bond donors (Lipinski definition) is 3. The molecule has 142 valence electrons. The van der Waals surface area contributed by atoms with E-state index < -0.39 is 22.0 Å². The number of benzene rings is 2. The number of nitrogens with zero attached hydrogens (tertiary/aromatic N) is 1. The summed E-state index contributed by atoms with van der Waals surface area (Å²) in [6.45, 7) is 0. The van der Waals surface area contributed by atoms with Gasteiger partial charge in [-0.3, -0.25) is 9.78 Å². The van der Waals surface area contributed by atoms with Crippen LogP contribution in [0.15, 0.2) is 71.9 Å². The molecule has 0 aliphatic heterocycles. The van der Waals surface area contributed by atoms with Gasteiger partial charge < -0.3 is 10.1 Å². The summed E-state index contributed by atoms with van der Waals surface area (Å²) in [7, 11) is -4.09. The lowest BCUT2D eigenvalue weighted by Crippen LogP contribution is -2.42. The van der Waals surface area contributed by atoms with Crippen molar-refractivity contribution in [2.45, 2.75) is 17.4 Å². The molecule has 0 bridgehead atoms. The van der Waals surface area contributed by atoms with Crippen molar-refractivity contribution < 1.29 is 18.3 Å². The largest absolute Gasteiger partial charge is 0.480 e. The van der Waals surface area contributed by atoms with Gasteiger partial charge in [0.15, 0.2) is 0 Å². The molecule has 2 heterocycles. The Labute approximate surface area is 161 Å². The van der Waals surface area contributed by atoms with Gasteiger partial charge in [0.05, 0.1) is 5.52 Å². The van der Waals surface area contributed by atoms with Crippen molar-refractivity contribution in [1.82, 2.24) is 14.7 Å². The molecule has 7 nitrogen and oxygen atoms in total. The van der Waals surface area contributed by atoms with Crippen LogP contribution >= 0.6 is 0 Å². The number of nitrogens with one attached hydrogen (secondary N) is 2. The Balaban J connectivity index is 1.68. The van der Waals surface area contributed by atoms with Crippen molar-refractivity contribution in [3.8, 4) is 0 Å². The number of carbonyl (C=O) groups is 1. The van der Waals surface area contributed by atoms with Crippen LogP contribution in [-0.4, -0.2) is 35.5 Å². The van der Waals surface area contributed by atoms with E-state index >= 15 is 0 Å². The molecule has 8 heteroatoms. The zero-order valence-electron chi connectivity index (χ0n) is 14.7. The highest BCUT2D eigenvalue weighted by Gasteiger charge is 2.28. The molecule has 0 fully saturated rings. The Bertz CT molecular complexity index is 1280. The normalized spacial score (nSPS) is 13.0. The number of carboxylic acid groups (broad SMARTS) is 1. The van der Waals surface area contributed by atoms with Crippen LogP contribution in [0.25, 0.3) is 21.8 Å². The van der Waals surface area contributed by atoms with Gasteiger partial charge in [0.25, 0.3) is 0 Å². The maximum atomic E-state index is 12.9. The lowest BCUT2D eigenvalue weighted by Gasteiger charge is -2.15. The summed E-state index contributed by atoms with van der Waals surface area (Å²) in [5.41, 5.74) is 1.89. The molecule has 0 aliphatic rings. The van der Waals surface area contributed by atoms with Gasteiger partial charge in [0.1, 0.15) is 10.9 Å². The molecule has 4 rings (SSSR count). The Morgan fingerprint density at radius 1 is 1.11 bits per heavy atom. The number of sulfonamides is 1. The van der Waals surface area contributed by atoms with Crippen molar-refractivity contribution in [2.24, 2.45) is 0 Å². The van der Waals surface area contributed by atoms with Crippen molar-refractivity contribution in [3.63, 3.8) is 0 Å². The molecule has 28 heavy (non-hydrogen) atoms. The highest BCUT2D eigenvalue weighted by molar-refractivity contribution is 7.89. The van der Waals surface area contributed by atoms with E-state index in [1.165, 1.54) is 12.3 Å². The molecule has 0 saturated heterocycles. The molecule has 2 aromatic carbocycles. The molecule has 1 atom stereocenters. The lowest BCUT2D eigenvalue weighted by atomic mass is 10.1. The standard InChI is InChI=1S/C20H17N3O4S/c24-20(25)17(11-14-12-22-16-8-2-1-7-15(14)16)23-28(26,27)18-9-3-5-13-6-4-10-21-19(13)18/h1-10,12,17,22-23H,11H2,(H,24,25). The van der Waals surface area contributed by atoms with Crippen molar-refractivity contribution in [3.05, 3.63) is 72.6 Å². The zero-order chi connectivity index (χ0) is 19.7. The van der Waals surface area contributed by atoms with E-state index in [1.54, 1.807) is 30.5 Å². The third-order valence-electron chi connectivity index (χ3n) is 4.58. The van der Waals surface area contributed by atoms with Crippen molar-refractivity contribution >= 4 is 37.8 Å². The van der Waals surface area contributed by atoms with Crippen LogP contribution in [0.3, 0.4) is 0 Å². The maximum absolute atomic E-state index is 12.9. The first-order valence-corrected chi connectivity index (χ1v) is 10.1. The van der Waals surface area contributed by atoms with E-state index in [2.05, 4.69) is 14.7 Å². The van der Waals surface area contributed by atoms with E-state index in [0.29, 0.717) is 10.9 Å². The molecular weight excluding hydrogens is 378 g/mol. The summed E-state index contributed by atoms with van der Waals surface area (Å²) in [6.07, 6.45) is 3.22. The summed E-state index contributed by atoms with van der Waals surface area (Å²) in [5, 5.41) is 11.1. The second-order valence-corrected chi connectivity index (χ2v) is 8.09. The number of pyridine rings is 1. The van der Waals surface area contributed by atoms with E-state index in [4.69, 9.17) is 0 Å². The molecule has 3 N–H and O–H groups in total.